The summed E-state index contributed by atoms with van der Waals surface area (Å²) in [7, 11) is 2.97. The summed E-state index contributed by atoms with van der Waals surface area (Å²) in [6.45, 7) is 0.0987. The zero-order valence-corrected chi connectivity index (χ0v) is 16.0. The number of hydrogen-bond donors (Lipinski definition) is 1. The van der Waals surface area contributed by atoms with Gasteiger partial charge in [0.05, 0.1) is 19.9 Å². The molecule has 0 atom stereocenters. The lowest BCUT2D eigenvalue weighted by molar-refractivity contribution is -0.147. The minimum Gasteiger partial charge on any atom is -0.497 e. The van der Waals surface area contributed by atoms with E-state index in [1.54, 1.807) is 18.2 Å². The molecule has 3 amide bonds. The van der Waals surface area contributed by atoms with E-state index in [1.165, 1.54) is 48.3 Å². The summed E-state index contributed by atoms with van der Waals surface area (Å²) in [4.78, 5) is 39.6. The molecule has 2 aromatic rings. The number of halogens is 1. The van der Waals surface area contributed by atoms with Crippen molar-refractivity contribution in [2.75, 3.05) is 44.1 Å². The Balaban J connectivity index is 1.64. The number of rotatable bonds is 6. The van der Waals surface area contributed by atoms with Crippen LogP contribution >= 0.6 is 0 Å². The van der Waals surface area contributed by atoms with E-state index in [4.69, 9.17) is 9.47 Å². The Morgan fingerprint density at radius 2 is 1.76 bits per heavy atom. The number of piperazine rings is 1. The van der Waals surface area contributed by atoms with E-state index in [9.17, 15) is 18.8 Å². The lowest BCUT2D eigenvalue weighted by atomic mass is 10.2. The summed E-state index contributed by atoms with van der Waals surface area (Å²) in [5.41, 5.74) is 0.846. The fourth-order valence-corrected chi connectivity index (χ4v) is 2.96. The molecule has 0 spiro atoms. The van der Waals surface area contributed by atoms with Crippen LogP contribution in [0.5, 0.6) is 11.5 Å². The van der Waals surface area contributed by atoms with Gasteiger partial charge in [-0.15, -0.1) is 0 Å². The standard InChI is InChI=1S/C20H20FN3O5/c1-28-15-7-8-16(17(11-15)29-2)22-18(25)12-23-9-10-24(20(27)19(23)26)14-5-3-13(21)4-6-14/h3-8,11H,9-10,12H2,1-2H3,(H,22,25). The van der Waals surface area contributed by atoms with Gasteiger partial charge < -0.3 is 24.6 Å². The van der Waals surface area contributed by atoms with E-state index in [0.29, 0.717) is 22.9 Å². The Kier molecular flexibility index (Phi) is 5.96. The zero-order valence-electron chi connectivity index (χ0n) is 16.0. The van der Waals surface area contributed by atoms with Crippen molar-refractivity contribution in [3.8, 4) is 11.5 Å². The van der Waals surface area contributed by atoms with Gasteiger partial charge in [-0.3, -0.25) is 14.4 Å². The number of carbonyl (C=O) groups excluding carboxylic acids is 3. The summed E-state index contributed by atoms with van der Waals surface area (Å²) in [6, 6.07) is 10.2. The molecule has 0 unspecified atom stereocenters. The number of nitrogens with one attached hydrogen (secondary N) is 1. The molecular formula is C20H20FN3O5. The van der Waals surface area contributed by atoms with Gasteiger partial charge in [0.15, 0.2) is 0 Å². The molecular weight excluding hydrogens is 381 g/mol. The second-order valence-electron chi connectivity index (χ2n) is 6.27. The third kappa shape index (κ3) is 4.45. The molecule has 29 heavy (non-hydrogen) atoms. The highest BCUT2D eigenvalue weighted by Crippen LogP contribution is 2.29. The Morgan fingerprint density at radius 3 is 2.41 bits per heavy atom. The van der Waals surface area contributed by atoms with Crippen LogP contribution in [0, 0.1) is 5.82 Å². The summed E-state index contributed by atoms with van der Waals surface area (Å²) >= 11 is 0. The molecule has 1 fully saturated rings. The lowest BCUT2D eigenvalue weighted by Crippen LogP contribution is -2.56. The highest BCUT2D eigenvalue weighted by atomic mass is 19.1. The molecule has 0 radical (unpaired) electrons. The number of anilines is 2. The van der Waals surface area contributed by atoms with Gasteiger partial charge in [0.25, 0.3) is 0 Å². The van der Waals surface area contributed by atoms with Gasteiger partial charge in [-0.25, -0.2) is 4.39 Å². The molecule has 0 saturated carbocycles. The maximum Gasteiger partial charge on any atom is 0.316 e. The second kappa shape index (κ2) is 8.59. The number of carbonyl (C=O) groups is 3. The van der Waals surface area contributed by atoms with E-state index < -0.39 is 23.5 Å². The van der Waals surface area contributed by atoms with Crippen molar-refractivity contribution in [2.45, 2.75) is 0 Å². The van der Waals surface area contributed by atoms with E-state index in [0.717, 1.165) is 0 Å². The largest absolute Gasteiger partial charge is 0.497 e. The van der Waals surface area contributed by atoms with Crippen molar-refractivity contribution in [1.82, 2.24) is 4.90 Å². The zero-order chi connectivity index (χ0) is 21.0. The molecule has 0 aromatic heterocycles. The van der Waals surface area contributed by atoms with Crippen LogP contribution in [-0.2, 0) is 14.4 Å². The van der Waals surface area contributed by atoms with Crippen LogP contribution in [0.1, 0.15) is 0 Å². The highest BCUT2D eigenvalue weighted by Gasteiger charge is 2.34. The SMILES string of the molecule is COc1ccc(NC(=O)CN2CCN(c3ccc(F)cc3)C(=O)C2=O)c(OC)c1. The molecule has 2 aromatic carbocycles. The van der Waals surface area contributed by atoms with Gasteiger partial charge in [-0.1, -0.05) is 0 Å². The van der Waals surface area contributed by atoms with E-state index >= 15 is 0 Å². The Labute approximate surface area is 166 Å². The Morgan fingerprint density at radius 1 is 1.03 bits per heavy atom. The maximum atomic E-state index is 13.1. The van der Waals surface area contributed by atoms with Gasteiger partial charge in [0.2, 0.25) is 5.91 Å². The van der Waals surface area contributed by atoms with Crippen LogP contribution in [-0.4, -0.2) is 56.5 Å². The maximum absolute atomic E-state index is 13.1. The van der Waals surface area contributed by atoms with Crippen molar-refractivity contribution in [3.05, 3.63) is 48.3 Å². The number of hydrogen-bond acceptors (Lipinski definition) is 5. The molecule has 0 bridgehead atoms. The van der Waals surface area contributed by atoms with Crippen LogP contribution in [0.25, 0.3) is 0 Å². The second-order valence-corrected chi connectivity index (χ2v) is 6.27. The van der Waals surface area contributed by atoms with Gasteiger partial charge in [0.1, 0.15) is 23.9 Å². The molecule has 9 heteroatoms. The van der Waals surface area contributed by atoms with Crippen molar-refractivity contribution in [3.63, 3.8) is 0 Å². The fourth-order valence-electron chi connectivity index (χ4n) is 2.96. The number of nitrogens with zero attached hydrogens (tertiary/aromatic N) is 2. The Hall–Kier alpha value is -3.62. The van der Waals surface area contributed by atoms with E-state index in [1.807, 2.05) is 0 Å². The molecule has 1 saturated heterocycles. The summed E-state index contributed by atoms with van der Waals surface area (Å²) in [5.74, 6) is -1.49. The number of benzene rings is 2. The third-order valence-corrected chi connectivity index (χ3v) is 4.46. The van der Waals surface area contributed by atoms with Gasteiger partial charge in [-0.2, -0.15) is 0 Å². The summed E-state index contributed by atoms with van der Waals surface area (Å²) < 4.78 is 23.4. The highest BCUT2D eigenvalue weighted by molar-refractivity contribution is 6.41. The van der Waals surface area contributed by atoms with Gasteiger partial charge in [-0.05, 0) is 36.4 Å². The monoisotopic (exact) mass is 401 g/mol. The van der Waals surface area contributed by atoms with Crippen molar-refractivity contribution in [2.24, 2.45) is 0 Å². The molecule has 1 aliphatic rings. The van der Waals surface area contributed by atoms with Crippen LogP contribution in [0.15, 0.2) is 42.5 Å². The number of amides is 3. The molecule has 152 valence electrons. The van der Waals surface area contributed by atoms with Gasteiger partial charge in [0, 0.05) is 24.8 Å². The molecule has 8 nitrogen and oxygen atoms in total. The van der Waals surface area contributed by atoms with Crippen LogP contribution in [0.2, 0.25) is 0 Å². The molecule has 3 rings (SSSR count). The topological polar surface area (TPSA) is 88.2 Å². The predicted molar refractivity (Wildman–Crippen MR) is 104 cm³/mol. The first-order valence-corrected chi connectivity index (χ1v) is 8.81. The smallest absolute Gasteiger partial charge is 0.316 e. The molecule has 1 heterocycles. The Bertz CT molecular complexity index is 932. The molecule has 0 aliphatic carbocycles. The summed E-state index contributed by atoms with van der Waals surface area (Å²) in [6.07, 6.45) is 0. The van der Waals surface area contributed by atoms with Gasteiger partial charge >= 0.3 is 11.8 Å². The van der Waals surface area contributed by atoms with Crippen molar-refractivity contribution < 1.29 is 28.2 Å². The average Bonchev–Trinajstić information content (AvgIpc) is 2.72. The fraction of sp³-hybridized carbons (Fsp3) is 0.250. The van der Waals surface area contributed by atoms with E-state index in [2.05, 4.69) is 5.32 Å². The van der Waals surface area contributed by atoms with Crippen LogP contribution in [0.4, 0.5) is 15.8 Å². The predicted octanol–water partition coefficient (Wildman–Crippen LogP) is 1.66. The number of ether oxygens (including phenoxy) is 2. The van der Waals surface area contributed by atoms with Crippen LogP contribution < -0.4 is 19.7 Å². The third-order valence-electron chi connectivity index (χ3n) is 4.46. The first-order chi connectivity index (χ1) is 13.9. The van der Waals surface area contributed by atoms with Crippen molar-refractivity contribution in [1.29, 1.82) is 0 Å². The van der Waals surface area contributed by atoms with Crippen molar-refractivity contribution >= 4 is 29.1 Å². The summed E-state index contributed by atoms with van der Waals surface area (Å²) in [5, 5.41) is 2.66. The lowest BCUT2D eigenvalue weighted by Gasteiger charge is -2.33. The quantitative estimate of drug-likeness (QED) is 0.744. The first-order valence-electron chi connectivity index (χ1n) is 8.81. The average molecular weight is 401 g/mol. The van der Waals surface area contributed by atoms with E-state index in [-0.39, 0.29) is 19.6 Å². The molecule has 1 N–H and O–H groups in total. The minimum absolute atomic E-state index is 0.176. The van der Waals surface area contributed by atoms with Crippen LogP contribution in [0.3, 0.4) is 0 Å². The number of methoxy groups -OCH3 is 2. The normalized spacial score (nSPS) is 14.0. The molecule has 1 aliphatic heterocycles. The first kappa shape index (κ1) is 20.1. The minimum atomic E-state index is -0.794.